The molecule has 0 saturated heterocycles. The second-order valence-corrected chi connectivity index (χ2v) is 6.11. The molecule has 1 fully saturated rings. The fourth-order valence-corrected chi connectivity index (χ4v) is 3.31. The lowest BCUT2D eigenvalue weighted by atomic mass is 9.75. The molecule has 1 aliphatic rings. The quantitative estimate of drug-likeness (QED) is 0.799. The van der Waals surface area contributed by atoms with E-state index in [1.54, 1.807) is 19.5 Å². The van der Waals surface area contributed by atoms with Gasteiger partial charge in [-0.25, -0.2) is 0 Å². The minimum absolute atomic E-state index is 0.107. The molecule has 0 spiro atoms. The summed E-state index contributed by atoms with van der Waals surface area (Å²) in [5, 5.41) is 1.96. The number of carbonyl (C=O) groups is 1. The second kappa shape index (κ2) is 5.57. The Hall–Kier alpha value is -1.74. The van der Waals surface area contributed by atoms with Crippen LogP contribution in [0, 0.1) is 5.92 Å². The van der Waals surface area contributed by atoms with Crippen LogP contribution in [0.3, 0.4) is 0 Å². The van der Waals surface area contributed by atoms with Gasteiger partial charge >= 0.3 is 0 Å². The number of fused-ring (bicyclic) bond motifs is 1. The number of nitrogens with zero attached hydrogens (tertiary/aromatic N) is 1. The van der Waals surface area contributed by atoms with Gasteiger partial charge in [0.1, 0.15) is 5.60 Å². The van der Waals surface area contributed by atoms with Crippen molar-refractivity contribution >= 4 is 16.6 Å². The summed E-state index contributed by atoms with van der Waals surface area (Å²) in [6.45, 7) is 2.24. The predicted molar refractivity (Wildman–Crippen MR) is 83.4 cm³/mol. The van der Waals surface area contributed by atoms with E-state index >= 15 is 0 Å². The molecule has 0 aliphatic heterocycles. The number of pyridine rings is 1. The van der Waals surface area contributed by atoms with E-state index < -0.39 is 5.60 Å². The molecule has 0 unspecified atom stereocenters. The Labute approximate surface area is 125 Å². The Morgan fingerprint density at radius 3 is 2.76 bits per heavy atom. The van der Waals surface area contributed by atoms with Gasteiger partial charge in [-0.15, -0.1) is 0 Å². The predicted octanol–water partition coefficient (Wildman–Crippen LogP) is 4.01. The maximum Gasteiger partial charge on any atom is 0.195 e. The van der Waals surface area contributed by atoms with Gasteiger partial charge in [0.15, 0.2) is 5.78 Å². The van der Waals surface area contributed by atoms with E-state index in [4.69, 9.17) is 4.74 Å². The van der Waals surface area contributed by atoms with Gasteiger partial charge in [-0.1, -0.05) is 25.1 Å². The summed E-state index contributed by atoms with van der Waals surface area (Å²) in [5.74, 6) is 0.783. The van der Waals surface area contributed by atoms with Gasteiger partial charge in [-0.05, 0) is 43.1 Å². The molecule has 110 valence electrons. The number of ketones is 1. The van der Waals surface area contributed by atoms with Crippen molar-refractivity contribution < 1.29 is 9.53 Å². The molecule has 1 heterocycles. The van der Waals surface area contributed by atoms with Crippen molar-refractivity contribution in [3.05, 3.63) is 42.2 Å². The smallest absolute Gasteiger partial charge is 0.195 e. The molecule has 0 amide bonds. The number of Topliss-reactive ketones (excluding diaryl/α,β-unsaturated/α-hetero) is 1. The SMILES string of the molecule is COC1(C(=O)c2cccc3ccncc23)CCC(C)CC1. The first-order valence-corrected chi connectivity index (χ1v) is 7.59. The largest absolute Gasteiger partial charge is 0.370 e. The Balaban J connectivity index is 2.03. The van der Waals surface area contributed by atoms with Crippen LogP contribution in [-0.2, 0) is 4.74 Å². The van der Waals surface area contributed by atoms with Crippen LogP contribution in [-0.4, -0.2) is 23.5 Å². The molecule has 1 aliphatic carbocycles. The zero-order valence-corrected chi connectivity index (χ0v) is 12.6. The molecule has 0 radical (unpaired) electrons. The molecular weight excluding hydrogens is 262 g/mol. The van der Waals surface area contributed by atoms with Gasteiger partial charge in [0.25, 0.3) is 0 Å². The van der Waals surface area contributed by atoms with E-state index in [1.807, 2.05) is 24.3 Å². The molecule has 1 aromatic heterocycles. The zero-order valence-electron chi connectivity index (χ0n) is 12.6. The van der Waals surface area contributed by atoms with Crippen LogP contribution < -0.4 is 0 Å². The molecule has 1 saturated carbocycles. The summed E-state index contributed by atoms with van der Waals surface area (Å²) in [4.78, 5) is 17.3. The summed E-state index contributed by atoms with van der Waals surface area (Å²) in [6, 6.07) is 7.78. The Kier molecular flexibility index (Phi) is 3.77. The number of methoxy groups -OCH3 is 1. The monoisotopic (exact) mass is 283 g/mol. The van der Waals surface area contributed by atoms with Crippen LogP contribution >= 0.6 is 0 Å². The highest BCUT2D eigenvalue weighted by atomic mass is 16.5. The van der Waals surface area contributed by atoms with Crippen molar-refractivity contribution in [2.75, 3.05) is 7.11 Å². The lowest BCUT2D eigenvalue weighted by Crippen LogP contribution is -2.44. The number of aromatic nitrogens is 1. The lowest BCUT2D eigenvalue weighted by Gasteiger charge is -2.37. The van der Waals surface area contributed by atoms with Gasteiger partial charge in [0.2, 0.25) is 0 Å². The zero-order chi connectivity index (χ0) is 14.9. The summed E-state index contributed by atoms with van der Waals surface area (Å²) < 4.78 is 5.72. The third kappa shape index (κ3) is 2.46. The molecule has 3 nitrogen and oxygen atoms in total. The van der Waals surface area contributed by atoms with E-state index in [9.17, 15) is 4.79 Å². The van der Waals surface area contributed by atoms with Crippen LogP contribution in [0.4, 0.5) is 0 Å². The normalized spacial score (nSPS) is 25.9. The van der Waals surface area contributed by atoms with Gasteiger partial charge in [-0.2, -0.15) is 0 Å². The van der Waals surface area contributed by atoms with Crippen molar-refractivity contribution in [3.63, 3.8) is 0 Å². The van der Waals surface area contributed by atoms with Crippen LogP contribution in [0.1, 0.15) is 43.0 Å². The Morgan fingerprint density at radius 2 is 2.05 bits per heavy atom. The first-order valence-electron chi connectivity index (χ1n) is 7.59. The fourth-order valence-electron chi connectivity index (χ4n) is 3.31. The fraction of sp³-hybridized carbons (Fsp3) is 0.444. The molecule has 3 heteroatoms. The van der Waals surface area contributed by atoms with Crippen LogP contribution in [0.5, 0.6) is 0 Å². The summed E-state index contributed by atoms with van der Waals surface area (Å²) in [7, 11) is 1.66. The van der Waals surface area contributed by atoms with Crippen LogP contribution in [0.15, 0.2) is 36.7 Å². The molecule has 1 aromatic carbocycles. The van der Waals surface area contributed by atoms with E-state index in [2.05, 4.69) is 11.9 Å². The highest BCUT2D eigenvalue weighted by molar-refractivity contribution is 6.11. The average molecular weight is 283 g/mol. The lowest BCUT2D eigenvalue weighted by molar-refractivity contribution is -0.0261. The maximum atomic E-state index is 13.1. The number of hydrogen-bond donors (Lipinski definition) is 0. The minimum Gasteiger partial charge on any atom is -0.370 e. The molecule has 0 atom stereocenters. The number of rotatable bonds is 3. The third-order valence-corrected chi connectivity index (χ3v) is 4.81. The molecular formula is C18H21NO2. The van der Waals surface area contributed by atoms with Gasteiger partial charge in [0.05, 0.1) is 0 Å². The minimum atomic E-state index is -0.656. The molecule has 0 bridgehead atoms. The summed E-state index contributed by atoms with van der Waals surface area (Å²) in [5.41, 5.74) is 0.0772. The highest BCUT2D eigenvalue weighted by Crippen LogP contribution is 2.37. The topological polar surface area (TPSA) is 39.2 Å². The van der Waals surface area contributed by atoms with Gasteiger partial charge in [0, 0.05) is 30.5 Å². The van der Waals surface area contributed by atoms with Crippen LogP contribution in [0.25, 0.3) is 10.8 Å². The molecule has 21 heavy (non-hydrogen) atoms. The van der Waals surface area contributed by atoms with Crippen molar-refractivity contribution in [1.82, 2.24) is 4.98 Å². The second-order valence-electron chi connectivity index (χ2n) is 6.11. The number of carbonyl (C=O) groups excluding carboxylic acids is 1. The van der Waals surface area contributed by atoms with E-state index in [-0.39, 0.29) is 5.78 Å². The standard InChI is InChI=1S/C18H21NO2/c1-13-6-9-18(21-2,10-7-13)17(20)15-5-3-4-14-8-11-19-12-16(14)15/h3-5,8,11-13H,6-7,9-10H2,1-2H3. The van der Waals surface area contributed by atoms with Gasteiger partial charge in [-0.3, -0.25) is 9.78 Å². The summed E-state index contributed by atoms with van der Waals surface area (Å²) in [6.07, 6.45) is 7.23. The van der Waals surface area contributed by atoms with Gasteiger partial charge < -0.3 is 4.74 Å². The van der Waals surface area contributed by atoms with Crippen molar-refractivity contribution in [3.8, 4) is 0 Å². The number of benzene rings is 1. The van der Waals surface area contributed by atoms with Crippen molar-refractivity contribution in [1.29, 1.82) is 0 Å². The van der Waals surface area contributed by atoms with E-state index in [0.717, 1.165) is 42.0 Å². The number of ether oxygens (including phenoxy) is 1. The first-order chi connectivity index (χ1) is 10.2. The molecule has 0 N–H and O–H groups in total. The van der Waals surface area contributed by atoms with E-state index in [1.165, 1.54) is 0 Å². The van der Waals surface area contributed by atoms with Crippen molar-refractivity contribution in [2.24, 2.45) is 5.92 Å². The summed E-state index contributed by atoms with van der Waals surface area (Å²) >= 11 is 0. The Morgan fingerprint density at radius 1 is 1.29 bits per heavy atom. The third-order valence-electron chi connectivity index (χ3n) is 4.81. The van der Waals surface area contributed by atoms with E-state index in [0.29, 0.717) is 5.92 Å². The average Bonchev–Trinajstić information content (AvgIpc) is 2.55. The van der Waals surface area contributed by atoms with Crippen LogP contribution in [0.2, 0.25) is 0 Å². The number of hydrogen-bond acceptors (Lipinski definition) is 3. The van der Waals surface area contributed by atoms with Crippen molar-refractivity contribution in [2.45, 2.75) is 38.2 Å². The first kappa shape index (κ1) is 14.2. The molecule has 3 rings (SSSR count). The maximum absolute atomic E-state index is 13.1. The highest BCUT2D eigenvalue weighted by Gasteiger charge is 2.41. The Bertz CT molecular complexity index is 652. The molecule has 2 aromatic rings.